The first-order valence-corrected chi connectivity index (χ1v) is 10.1. The number of hydrogen-bond acceptors (Lipinski definition) is 5. The van der Waals surface area contributed by atoms with E-state index in [1.54, 1.807) is 12.4 Å². The molecule has 1 aromatic rings. The molecule has 7 nitrogen and oxygen atoms in total. The summed E-state index contributed by atoms with van der Waals surface area (Å²) >= 11 is 0. The van der Waals surface area contributed by atoms with Gasteiger partial charge in [0.25, 0.3) is 5.91 Å². The SMILES string of the molecule is O=C(NCCC1CCOC2(CCN(C(=O)c3cncnc3)CC2)C1)C1CC1. The molecular formula is C20H28N4O3. The summed E-state index contributed by atoms with van der Waals surface area (Å²) in [6, 6.07) is 0. The Kier molecular flexibility index (Phi) is 5.38. The number of amides is 2. The maximum Gasteiger partial charge on any atom is 0.256 e. The topological polar surface area (TPSA) is 84.4 Å². The molecule has 7 heteroatoms. The van der Waals surface area contributed by atoms with Gasteiger partial charge in [-0.1, -0.05) is 0 Å². The van der Waals surface area contributed by atoms with Crippen molar-refractivity contribution in [2.24, 2.45) is 11.8 Å². The zero-order valence-corrected chi connectivity index (χ0v) is 15.7. The van der Waals surface area contributed by atoms with Crippen molar-refractivity contribution in [3.63, 3.8) is 0 Å². The minimum Gasteiger partial charge on any atom is -0.375 e. The number of piperidine rings is 1. The van der Waals surface area contributed by atoms with Gasteiger partial charge >= 0.3 is 0 Å². The first kappa shape index (κ1) is 18.3. The summed E-state index contributed by atoms with van der Waals surface area (Å²) in [4.78, 5) is 34.1. The average Bonchev–Trinajstić information content (AvgIpc) is 3.54. The first-order chi connectivity index (χ1) is 13.2. The zero-order valence-electron chi connectivity index (χ0n) is 15.7. The third-order valence-corrected chi connectivity index (χ3v) is 6.16. The minimum absolute atomic E-state index is 0.000554. The molecule has 0 radical (unpaired) electrons. The van der Waals surface area contributed by atoms with Gasteiger partial charge in [0.05, 0.1) is 11.2 Å². The smallest absolute Gasteiger partial charge is 0.256 e. The third kappa shape index (κ3) is 4.46. The van der Waals surface area contributed by atoms with Gasteiger partial charge in [-0.25, -0.2) is 9.97 Å². The summed E-state index contributed by atoms with van der Waals surface area (Å²) in [5.74, 6) is 1.10. The fourth-order valence-corrected chi connectivity index (χ4v) is 4.32. The summed E-state index contributed by atoms with van der Waals surface area (Å²) in [7, 11) is 0. The normalized spacial score (nSPS) is 24.6. The highest BCUT2D eigenvalue weighted by Gasteiger charge is 2.41. The van der Waals surface area contributed by atoms with Crippen LogP contribution in [0.3, 0.4) is 0 Å². The maximum atomic E-state index is 12.6. The molecule has 0 aromatic carbocycles. The molecule has 3 fully saturated rings. The third-order valence-electron chi connectivity index (χ3n) is 6.16. The minimum atomic E-state index is -0.104. The van der Waals surface area contributed by atoms with E-state index in [9.17, 15) is 9.59 Å². The van der Waals surface area contributed by atoms with Gasteiger partial charge in [0.2, 0.25) is 5.91 Å². The Morgan fingerprint density at radius 3 is 2.63 bits per heavy atom. The molecule has 1 spiro atoms. The van der Waals surface area contributed by atoms with Crippen molar-refractivity contribution in [3.05, 3.63) is 24.3 Å². The molecule has 146 valence electrons. The first-order valence-electron chi connectivity index (χ1n) is 10.1. The molecule has 1 unspecified atom stereocenters. The van der Waals surface area contributed by atoms with Crippen LogP contribution in [0.4, 0.5) is 0 Å². The van der Waals surface area contributed by atoms with Crippen molar-refractivity contribution >= 4 is 11.8 Å². The van der Waals surface area contributed by atoms with Gasteiger partial charge in [0, 0.05) is 44.6 Å². The van der Waals surface area contributed by atoms with Crippen molar-refractivity contribution in [2.45, 2.75) is 50.5 Å². The lowest BCUT2D eigenvalue weighted by Crippen LogP contribution is -2.51. The molecule has 2 aliphatic heterocycles. The van der Waals surface area contributed by atoms with Crippen LogP contribution in [0, 0.1) is 11.8 Å². The number of nitrogens with zero attached hydrogens (tertiary/aromatic N) is 3. The second kappa shape index (κ2) is 7.92. The molecule has 2 saturated heterocycles. The summed E-state index contributed by atoms with van der Waals surface area (Å²) in [6.07, 6.45) is 11.5. The molecule has 1 aromatic heterocycles. The van der Waals surface area contributed by atoms with Crippen LogP contribution in [0.1, 0.15) is 55.3 Å². The van der Waals surface area contributed by atoms with E-state index in [2.05, 4.69) is 15.3 Å². The van der Waals surface area contributed by atoms with E-state index in [1.807, 2.05) is 4.90 Å². The molecule has 1 saturated carbocycles. The summed E-state index contributed by atoms with van der Waals surface area (Å²) < 4.78 is 6.20. The Balaban J connectivity index is 1.25. The van der Waals surface area contributed by atoms with Gasteiger partial charge in [0.15, 0.2) is 0 Å². The molecule has 1 atom stereocenters. The van der Waals surface area contributed by atoms with Gasteiger partial charge < -0.3 is 15.0 Å². The van der Waals surface area contributed by atoms with E-state index in [-0.39, 0.29) is 23.3 Å². The van der Waals surface area contributed by atoms with Crippen molar-refractivity contribution in [1.29, 1.82) is 0 Å². The Morgan fingerprint density at radius 2 is 1.93 bits per heavy atom. The molecular weight excluding hydrogens is 344 g/mol. The van der Waals surface area contributed by atoms with Crippen LogP contribution >= 0.6 is 0 Å². The number of ether oxygens (including phenoxy) is 1. The van der Waals surface area contributed by atoms with E-state index in [4.69, 9.17) is 4.74 Å². The average molecular weight is 372 g/mol. The van der Waals surface area contributed by atoms with Crippen molar-refractivity contribution in [1.82, 2.24) is 20.2 Å². The number of hydrogen-bond donors (Lipinski definition) is 1. The Labute approximate surface area is 159 Å². The van der Waals surface area contributed by atoms with Crippen molar-refractivity contribution in [3.8, 4) is 0 Å². The van der Waals surface area contributed by atoms with E-state index >= 15 is 0 Å². The van der Waals surface area contributed by atoms with Gasteiger partial charge in [-0.05, 0) is 50.9 Å². The lowest BCUT2D eigenvalue weighted by Gasteiger charge is -2.46. The van der Waals surface area contributed by atoms with Gasteiger partial charge in [-0.3, -0.25) is 9.59 Å². The zero-order chi connectivity index (χ0) is 18.7. The number of aromatic nitrogens is 2. The molecule has 3 heterocycles. The van der Waals surface area contributed by atoms with E-state index in [0.29, 0.717) is 24.6 Å². The predicted octanol–water partition coefficient (Wildman–Crippen LogP) is 1.79. The van der Waals surface area contributed by atoms with Crippen LogP contribution < -0.4 is 5.32 Å². The predicted molar refractivity (Wildman–Crippen MR) is 98.9 cm³/mol. The van der Waals surface area contributed by atoms with Crippen molar-refractivity contribution in [2.75, 3.05) is 26.2 Å². The number of likely N-dealkylation sites (tertiary alicyclic amines) is 1. The lowest BCUT2D eigenvalue weighted by molar-refractivity contribution is -0.125. The Morgan fingerprint density at radius 1 is 1.19 bits per heavy atom. The summed E-state index contributed by atoms with van der Waals surface area (Å²) in [5, 5.41) is 3.08. The standard InChI is InChI=1S/C20H28N4O3/c25-18(16-1-2-16)23-7-3-15-4-10-27-20(11-15)5-8-24(9-6-20)19(26)17-12-21-14-22-13-17/h12-16H,1-11H2,(H,23,25). The highest BCUT2D eigenvalue weighted by molar-refractivity contribution is 5.93. The largest absolute Gasteiger partial charge is 0.375 e. The monoisotopic (exact) mass is 372 g/mol. The molecule has 0 bridgehead atoms. The van der Waals surface area contributed by atoms with Crippen LogP contribution in [0.25, 0.3) is 0 Å². The molecule has 1 N–H and O–H groups in total. The Bertz CT molecular complexity index is 669. The fraction of sp³-hybridized carbons (Fsp3) is 0.700. The van der Waals surface area contributed by atoms with Crippen molar-refractivity contribution < 1.29 is 14.3 Å². The second-order valence-electron chi connectivity index (χ2n) is 8.16. The molecule has 27 heavy (non-hydrogen) atoms. The van der Waals surface area contributed by atoms with Gasteiger partial charge in [-0.2, -0.15) is 0 Å². The lowest BCUT2D eigenvalue weighted by atomic mass is 9.78. The van der Waals surface area contributed by atoms with E-state index in [1.165, 1.54) is 6.33 Å². The van der Waals surface area contributed by atoms with Gasteiger partial charge in [0.1, 0.15) is 6.33 Å². The van der Waals surface area contributed by atoms with Crippen LogP contribution in [-0.4, -0.2) is 58.5 Å². The number of nitrogens with one attached hydrogen (secondary N) is 1. The maximum absolute atomic E-state index is 12.6. The van der Waals surface area contributed by atoms with Crippen LogP contribution in [0.5, 0.6) is 0 Å². The molecule has 3 aliphatic rings. The van der Waals surface area contributed by atoms with Gasteiger partial charge in [-0.15, -0.1) is 0 Å². The second-order valence-corrected chi connectivity index (χ2v) is 8.16. The number of carbonyl (C=O) groups excluding carboxylic acids is 2. The molecule has 4 rings (SSSR count). The fourth-order valence-electron chi connectivity index (χ4n) is 4.32. The summed E-state index contributed by atoms with van der Waals surface area (Å²) in [5.41, 5.74) is 0.440. The highest BCUT2D eigenvalue weighted by atomic mass is 16.5. The highest BCUT2D eigenvalue weighted by Crippen LogP contribution is 2.39. The van der Waals surface area contributed by atoms with Crippen LogP contribution in [0.2, 0.25) is 0 Å². The van der Waals surface area contributed by atoms with E-state index in [0.717, 1.165) is 58.1 Å². The van der Waals surface area contributed by atoms with E-state index < -0.39 is 0 Å². The molecule has 2 amide bonds. The number of carbonyl (C=O) groups is 2. The quantitative estimate of drug-likeness (QED) is 0.852. The number of rotatable bonds is 5. The van der Waals surface area contributed by atoms with Crippen LogP contribution in [-0.2, 0) is 9.53 Å². The van der Waals surface area contributed by atoms with Crippen LogP contribution in [0.15, 0.2) is 18.7 Å². The Hall–Kier alpha value is -2.02. The molecule has 1 aliphatic carbocycles. The summed E-state index contributed by atoms with van der Waals surface area (Å²) in [6.45, 7) is 2.97.